The van der Waals surface area contributed by atoms with Gasteiger partial charge < -0.3 is 41.1 Å². The molecule has 10 N–H and O–H groups in total. The number of carbonyl (C=O) groups is 1. The minimum atomic E-state index is -1.70. The summed E-state index contributed by atoms with van der Waals surface area (Å²) in [6.45, 7) is -0.673. The van der Waals surface area contributed by atoms with Crippen molar-refractivity contribution >= 4 is 11.6 Å². The number of nitrogens with zero attached hydrogens (tertiary/aromatic N) is 3. The Labute approximate surface area is 128 Å². The summed E-state index contributed by atoms with van der Waals surface area (Å²) in [7, 11) is 0. The summed E-state index contributed by atoms with van der Waals surface area (Å²) < 4.78 is 4.97. The number of hydrogen-bond acceptors (Lipinski definition) is 12. The Hall–Kier alpha value is -2.52. The molecule has 4 unspecified atom stereocenters. The number of rotatable bonds is 5. The van der Waals surface area contributed by atoms with E-state index in [0.717, 1.165) is 0 Å². The Kier molecular flexibility index (Phi) is 5.77. The third kappa shape index (κ3) is 3.46. The van der Waals surface area contributed by atoms with Crippen LogP contribution in [0.5, 0.6) is 0 Å². The van der Waals surface area contributed by atoms with Crippen LogP contribution in [0.25, 0.3) is 0 Å². The SMILES string of the molecule is NC(/C(=N/O)C(=O)N(N)C1OC(CO)C(O)C1O)=C(/N)[N+](=O)[O-]. The molecule has 1 amide bonds. The third-order valence-corrected chi connectivity index (χ3v) is 3.06. The van der Waals surface area contributed by atoms with Crippen LogP contribution < -0.4 is 17.3 Å². The van der Waals surface area contributed by atoms with Gasteiger partial charge in [0.25, 0.3) is 5.91 Å². The maximum absolute atomic E-state index is 12.1. The molecule has 1 saturated heterocycles. The van der Waals surface area contributed by atoms with Gasteiger partial charge in [-0.15, -0.1) is 0 Å². The first-order valence-electron chi connectivity index (χ1n) is 6.00. The fraction of sp³-hybridized carbons (Fsp3) is 0.556. The van der Waals surface area contributed by atoms with Crippen molar-refractivity contribution in [2.75, 3.05) is 6.61 Å². The van der Waals surface area contributed by atoms with Crippen molar-refractivity contribution in [3.63, 3.8) is 0 Å². The Morgan fingerprint density at radius 3 is 2.30 bits per heavy atom. The second-order valence-electron chi connectivity index (χ2n) is 4.45. The van der Waals surface area contributed by atoms with E-state index in [9.17, 15) is 25.1 Å². The molecule has 0 spiro atoms. The molecule has 130 valence electrons. The van der Waals surface area contributed by atoms with Gasteiger partial charge in [-0.05, 0) is 4.92 Å². The lowest BCUT2D eigenvalue weighted by molar-refractivity contribution is -0.427. The van der Waals surface area contributed by atoms with E-state index in [1.165, 1.54) is 0 Å². The van der Waals surface area contributed by atoms with Crippen LogP contribution >= 0.6 is 0 Å². The van der Waals surface area contributed by atoms with Crippen molar-refractivity contribution in [3.05, 3.63) is 21.6 Å². The molecule has 23 heavy (non-hydrogen) atoms. The second-order valence-corrected chi connectivity index (χ2v) is 4.45. The average Bonchev–Trinajstić information content (AvgIpc) is 2.81. The van der Waals surface area contributed by atoms with Crippen LogP contribution in [-0.2, 0) is 9.53 Å². The van der Waals surface area contributed by atoms with E-state index in [1.54, 1.807) is 0 Å². The number of aliphatic hydroxyl groups excluding tert-OH is 3. The van der Waals surface area contributed by atoms with E-state index in [1.807, 2.05) is 0 Å². The Bertz CT molecular complexity index is 550. The van der Waals surface area contributed by atoms with Crippen molar-refractivity contribution in [3.8, 4) is 0 Å². The normalized spacial score (nSPS) is 29.1. The number of nitrogens with two attached hydrogens (primary N) is 3. The maximum Gasteiger partial charge on any atom is 0.339 e. The molecule has 14 nitrogen and oxygen atoms in total. The van der Waals surface area contributed by atoms with Crippen LogP contribution in [0.1, 0.15) is 0 Å². The number of ether oxygens (including phenoxy) is 1. The Balaban J connectivity index is 3.04. The Morgan fingerprint density at radius 1 is 1.35 bits per heavy atom. The molecular formula is C9H16N6O8. The van der Waals surface area contributed by atoms with Gasteiger partial charge in [-0.1, -0.05) is 5.16 Å². The molecule has 14 heteroatoms. The smallest absolute Gasteiger partial charge is 0.339 e. The number of nitro groups is 1. The van der Waals surface area contributed by atoms with Gasteiger partial charge in [-0.25, -0.2) is 10.9 Å². The molecule has 1 heterocycles. The minimum absolute atomic E-state index is 0.193. The lowest BCUT2D eigenvalue weighted by atomic mass is 10.1. The molecule has 4 atom stereocenters. The van der Waals surface area contributed by atoms with Crippen LogP contribution in [0.4, 0.5) is 0 Å². The van der Waals surface area contributed by atoms with Gasteiger partial charge in [0.15, 0.2) is 17.6 Å². The molecule has 1 aliphatic heterocycles. The fourth-order valence-electron chi connectivity index (χ4n) is 1.78. The zero-order valence-corrected chi connectivity index (χ0v) is 11.5. The fourth-order valence-corrected chi connectivity index (χ4v) is 1.78. The summed E-state index contributed by atoms with van der Waals surface area (Å²) in [5.41, 5.74) is 8.23. The van der Waals surface area contributed by atoms with Crippen LogP contribution in [-0.4, -0.2) is 73.2 Å². The summed E-state index contributed by atoms with van der Waals surface area (Å²) >= 11 is 0. The number of aliphatic hydroxyl groups is 3. The number of hydrazine groups is 1. The van der Waals surface area contributed by atoms with Crippen LogP contribution in [0.2, 0.25) is 0 Å². The van der Waals surface area contributed by atoms with E-state index in [-0.39, 0.29) is 5.01 Å². The average molecular weight is 336 g/mol. The van der Waals surface area contributed by atoms with Crippen molar-refractivity contribution < 1.29 is 35.0 Å². The van der Waals surface area contributed by atoms with Gasteiger partial charge in [0, 0.05) is 0 Å². The molecule has 1 fully saturated rings. The highest BCUT2D eigenvalue weighted by atomic mass is 16.6. The van der Waals surface area contributed by atoms with Crippen molar-refractivity contribution in [2.24, 2.45) is 22.5 Å². The van der Waals surface area contributed by atoms with Crippen LogP contribution in [0.15, 0.2) is 16.7 Å². The number of oxime groups is 1. The third-order valence-electron chi connectivity index (χ3n) is 3.06. The predicted octanol–water partition coefficient (Wildman–Crippen LogP) is -4.68. The molecule has 0 radical (unpaired) electrons. The zero-order chi connectivity index (χ0) is 17.9. The highest BCUT2D eigenvalue weighted by Gasteiger charge is 2.47. The summed E-state index contributed by atoms with van der Waals surface area (Å²) in [5.74, 6) is 2.86. The molecule has 0 saturated carbocycles. The lowest BCUT2D eigenvalue weighted by Gasteiger charge is -2.25. The Morgan fingerprint density at radius 2 is 1.91 bits per heavy atom. The quantitative estimate of drug-likeness (QED) is 0.0627. The van der Waals surface area contributed by atoms with Gasteiger partial charge in [-0.2, -0.15) is 0 Å². The molecule has 0 aromatic rings. The molecule has 1 aliphatic rings. The van der Waals surface area contributed by atoms with Gasteiger partial charge in [-0.3, -0.25) is 10.5 Å². The van der Waals surface area contributed by atoms with Gasteiger partial charge in [0.2, 0.25) is 0 Å². The van der Waals surface area contributed by atoms with E-state index >= 15 is 0 Å². The summed E-state index contributed by atoms with van der Waals surface area (Å²) in [6.07, 6.45) is -6.09. The minimum Gasteiger partial charge on any atom is -0.410 e. The van der Waals surface area contributed by atoms with Gasteiger partial charge in [0.05, 0.1) is 6.61 Å². The largest absolute Gasteiger partial charge is 0.410 e. The number of carbonyl (C=O) groups excluding carboxylic acids is 1. The van der Waals surface area contributed by atoms with E-state index in [0.29, 0.717) is 0 Å². The van der Waals surface area contributed by atoms with Crippen molar-refractivity contribution in [2.45, 2.75) is 24.5 Å². The summed E-state index contributed by atoms with van der Waals surface area (Å²) in [4.78, 5) is 21.4. The van der Waals surface area contributed by atoms with E-state index in [4.69, 9.17) is 32.4 Å². The molecule has 0 aliphatic carbocycles. The highest BCUT2D eigenvalue weighted by molar-refractivity contribution is 6.44. The maximum atomic E-state index is 12.1. The lowest BCUT2D eigenvalue weighted by Crippen LogP contribution is -2.54. The number of hydrogen-bond donors (Lipinski definition) is 7. The van der Waals surface area contributed by atoms with E-state index in [2.05, 4.69) is 5.16 Å². The zero-order valence-electron chi connectivity index (χ0n) is 11.5. The summed E-state index contributed by atoms with van der Waals surface area (Å²) in [5, 5.41) is 50.3. The standard InChI is InChI=1S/C9H16N6O8/c10-3(7(11)15(21)22)4(13-20)8(19)14(12)9-6(18)5(17)2(1-16)23-9/h2,5-6,9,16-18,20H,1,10-12H2/b7-3-,13-4-. The predicted molar refractivity (Wildman–Crippen MR) is 70.4 cm³/mol. The van der Waals surface area contributed by atoms with Crippen LogP contribution in [0.3, 0.4) is 0 Å². The second kappa shape index (κ2) is 7.16. The molecule has 0 aromatic heterocycles. The van der Waals surface area contributed by atoms with E-state index < -0.39 is 59.2 Å². The first-order valence-corrected chi connectivity index (χ1v) is 6.00. The number of amides is 1. The molecule has 0 bridgehead atoms. The van der Waals surface area contributed by atoms with Gasteiger partial charge in [0.1, 0.15) is 18.3 Å². The highest BCUT2D eigenvalue weighted by Crippen LogP contribution is 2.22. The molecule has 0 aromatic carbocycles. The van der Waals surface area contributed by atoms with Crippen molar-refractivity contribution in [1.82, 2.24) is 5.01 Å². The van der Waals surface area contributed by atoms with Gasteiger partial charge >= 0.3 is 5.82 Å². The monoisotopic (exact) mass is 336 g/mol. The van der Waals surface area contributed by atoms with Crippen LogP contribution in [0, 0.1) is 10.1 Å². The van der Waals surface area contributed by atoms with Crippen molar-refractivity contribution in [1.29, 1.82) is 0 Å². The first-order chi connectivity index (χ1) is 10.7. The molecule has 1 rings (SSSR count). The molecular weight excluding hydrogens is 320 g/mol. The first kappa shape index (κ1) is 18.5. The topological polar surface area (TPSA) is 244 Å². The summed E-state index contributed by atoms with van der Waals surface area (Å²) in [6, 6.07) is 0.